The largest absolute Gasteiger partial charge is 0.295 e. The molecule has 0 spiro atoms. The molecule has 1 aromatic rings. The predicted molar refractivity (Wildman–Crippen MR) is 75.4 cm³/mol. The van der Waals surface area contributed by atoms with Crippen molar-refractivity contribution in [2.45, 2.75) is 45.2 Å². The number of likely N-dealkylation sites (tertiary alicyclic amines) is 1. The lowest BCUT2D eigenvalue weighted by Gasteiger charge is -2.23. The second-order valence-electron chi connectivity index (χ2n) is 4.87. The van der Waals surface area contributed by atoms with Gasteiger partial charge in [0.25, 0.3) is 0 Å². The van der Waals surface area contributed by atoms with Crippen LogP contribution in [-0.4, -0.2) is 27.8 Å². The lowest BCUT2D eigenvalue weighted by atomic mass is 10.1. The molecule has 1 unspecified atom stereocenters. The molecule has 0 bridgehead atoms. The minimum absolute atomic E-state index is 0.773. The van der Waals surface area contributed by atoms with Crippen molar-refractivity contribution in [3.63, 3.8) is 0 Å². The van der Waals surface area contributed by atoms with Gasteiger partial charge in [-0.2, -0.15) is 0 Å². The summed E-state index contributed by atoms with van der Waals surface area (Å²) in [6.45, 7) is 4.33. The summed E-state index contributed by atoms with van der Waals surface area (Å²) >= 11 is 3.52. The van der Waals surface area contributed by atoms with Gasteiger partial charge >= 0.3 is 0 Å². The number of nitrogens with zero attached hydrogens (tertiary/aromatic N) is 2. The quantitative estimate of drug-likeness (QED) is 0.773. The number of hydrogen-bond donors (Lipinski definition) is 0. The summed E-state index contributed by atoms with van der Waals surface area (Å²) in [7, 11) is 0. The van der Waals surface area contributed by atoms with E-state index in [0.29, 0.717) is 0 Å². The Hall–Kier alpha value is -0.410. The maximum absolute atomic E-state index is 4.60. The van der Waals surface area contributed by atoms with Crippen molar-refractivity contribution in [2.24, 2.45) is 0 Å². The third-order valence-corrected chi connectivity index (χ3v) is 4.04. The van der Waals surface area contributed by atoms with Gasteiger partial charge in [0.2, 0.25) is 0 Å². The Balaban J connectivity index is 1.93. The first kappa shape index (κ1) is 13.0. The van der Waals surface area contributed by atoms with Gasteiger partial charge in [-0.05, 0) is 51.3 Å². The van der Waals surface area contributed by atoms with Crippen molar-refractivity contribution in [1.82, 2.24) is 9.88 Å². The van der Waals surface area contributed by atoms with Crippen LogP contribution in [0.5, 0.6) is 0 Å². The van der Waals surface area contributed by atoms with Crippen molar-refractivity contribution in [3.05, 3.63) is 29.6 Å². The van der Waals surface area contributed by atoms with E-state index in [1.165, 1.54) is 37.9 Å². The van der Waals surface area contributed by atoms with Crippen molar-refractivity contribution in [3.8, 4) is 0 Å². The fraction of sp³-hybridized carbons (Fsp3) is 0.643. The van der Waals surface area contributed by atoms with Gasteiger partial charge in [-0.3, -0.25) is 9.88 Å². The summed E-state index contributed by atoms with van der Waals surface area (Å²) in [4.78, 5) is 7.20. The Labute approximate surface area is 113 Å². The van der Waals surface area contributed by atoms with Crippen LogP contribution in [0.3, 0.4) is 0 Å². The standard InChI is InChI=1S/C14H21BrN2/c1-12-5-2-6-13(16-12)11-17-10-4-8-14(17)7-3-9-15/h2,5-6,14H,3-4,7-11H2,1H3. The van der Waals surface area contributed by atoms with Crippen LogP contribution in [0.4, 0.5) is 0 Å². The number of alkyl halides is 1. The molecule has 0 saturated carbocycles. The van der Waals surface area contributed by atoms with E-state index in [-0.39, 0.29) is 0 Å². The molecule has 2 heterocycles. The molecule has 0 aliphatic carbocycles. The monoisotopic (exact) mass is 296 g/mol. The lowest BCUT2D eigenvalue weighted by molar-refractivity contribution is 0.231. The Kier molecular flexibility index (Phi) is 4.99. The Morgan fingerprint density at radius 3 is 3.12 bits per heavy atom. The van der Waals surface area contributed by atoms with Crippen LogP contribution in [0.1, 0.15) is 37.1 Å². The zero-order valence-electron chi connectivity index (χ0n) is 10.5. The van der Waals surface area contributed by atoms with E-state index >= 15 is 0 Å². The number of aryl methyl sites for hydroxylation is 1. The number of pyridine rings is 1. The molecule has 0 aromatic carbocycles. The van der Waals surface area contributed by atoms with Crippen molar-refractivity contribution in [1.29, 1.82) is 0 Å². The van der Waals surface area contributed by atoms with Crippen molar-refractivity contribution in [2.75, 3.05) is 11.9 Å². The van der Waals surface area contributed by atoms with Crippen LogP contribution in [0.15, 0.2) is 18.2 Å². The second-order valence-corrected chi connectivity index (χ2v) is 5.66. The van der Waals surface area contributed by atoms with E-state index in [2.05, 4.69) is 50.9 Å². The molecule has 0 N–H and O–H groups in total. The predicted octanol–water partition coefficient (Wildman–Crippen LogP) is 3.53. The average molecular weight is 297 g/mol. The van der Waals surface area contributed by atoms with Gasteiger partial charge in [-0.1, -0.05) is 22.0 Å². The topological polar surface area (TPSA) is 16.1 Å². The first-order valence-corrected chi connectivity index (χ1v) is 7.64. The first-order valence-electron chi connectivity index (χ1n) is 6.52. The minimum Gasteiger partial charge on any atom is -0.295 e. The smallest absolute Gasteiger partial charge is 0.0547 e. The summed E-state index contributed by atoms with van der Waals surface area (Å²) in [5.41, 5.74) is 2.34. The van der Waals surface area contributed by atoms with Crippen LogP contribution in [0.25, 0.3) is 0 Å². The fourth-order valence-electron chi connectivity index (χ4n) is 2.64. The summed E-state index contributed by atoms with van der Waals surface area (Å²) in [6.07, 6.45) is 5.30. The van der Waals surface area contributed by atoms with Gasteiger partial charge in [0.1, 0.15) is 0 Å². The van der Waals surface area contributed by atoms with E-state index < -0.39 is 0 Å². The van der Waals surface area contributed by atoms with Gasteiger partial charge in [0.05, 0.1) is 5.69 Å². The molecule has 1 atom stereocenters. The van der Waals surface area contributed by atoms with E-state index in [4.69, 9.17) is 0 Å². The van der Waals surface area contributed by atoms with Gasteiger partial charge in [0.15, 0.2) is 0 Å². The van der Waals surface area contributed by atoms with Gasteiger partial charge in [-0.15, -0.1) is 0 Å². The summed E-state index contributed by atoms with van der Waals surface area (Å²) in [5.74, 6) is 0. The molecule has 0 radical (unpaired) electrons. The molecule has 3 heteroatoms. The van der Waals surface area contributed by atoms with Crippen LogP contribution >= 0.6 is 15.9 Å². The van der Waals surface area contributed by atoms with E-state index in [0.717, 1.165) is 23.6 Å². The molecular weight excluding hydrogens is 276 g/mol. The maximum atomic E-state index is 4.60. The molecule has 1 aromatic heterocycles. The van der Waals surface area contributed by atoms with Crippen LogP contribution in [0.2, 0.25) is 0 Å². The lowest BCUT2D eigenvalue weighted by Crippen LogP contribution is -2.29. The van der Waals surface area contributed by atoms with Gasteiger partial charge < -0.3 is 0 Å². The highest BCUT2D eigenvalue weighted by Gasteiger charge is 2.23. The molecule has 0 amide bonds. The Morgan fingerprint density at radius 2 is 2.35 bits per heavy atom. The summed E-state index contributed by atoms with van der Waals surface area (Å²) < 4.78 is 0. The second kappa shape index (κ2) is 6.50. The van der Waals surface area contributed by atoms with Crippen molar-refractivity contribution >= 4 is 15.9 Å². The Morgan fingerprint density at radius 1 is 1.47 bits per heavy atom. The molecule has 1 aliphatic rings. The normalized spacial score (nSPS) is 20.9. The highest BCUT2D eigenvalue weighted by Crippen LogP contribution is 2.23. The Bertz CT molecular complexity index is 354. The first-order chi connectivity index (χ1) is 8.29. The maximum Gasteiger partial charge on any atom is 0.0547 e. The highest BCUT2D eigenvalue weighted by molar-refractivity contribution is 9.09. The molecule has 94 valence electrons. The molecular formula is C14H21BrN2. The zero-order chi connectivity index (χ0) is 12.1. The molecule has 2 rings (SSSR count). The SMILES string of the molecule is Cc1cccc(CN2CCCC2CCCBr)n1. The fourth-order valence-corrected chi connectivity index (χ4v) is 2.96. The average Bonchev–Trinajstić information content (AvgIpc) is 2.74. The van der Waals surface area contributed by atoms with E-state index in [1.807, 2.05) is 0 Å². The highest BCUT2D eigenvalue weighted by atomic mass is 79.9. The van der Waals surface area contributed by atoms with Gasteiger partial charge in [0, 0.05) is 23.6 Å². The molecule has 17 heavy (non-hydrogen) atoms. The third kappa shape index (κ3) is 3.78. The van der Waals surface area contributed by atoms with Crippen LogP contribution < -0.4 is 0 Å². The summed E-state index contributed by atoms with van der Waals surface area (Å²) in [5, 5.41) is 1.13. The number of hydrogen-bond acceptors (Lipinski definition) is 2. The number of halogens is 1. The van der Waals surface area contributed by atoms with E-state index in [1.54, 1.807) is 0 Å². The number of aromatic nitrogens is 1. The summed E-state index contributed by atoms with van der Waals surface area (Å²) in [6, 6.07) is 7.10. The van der Waals surface area contributed by atoms with Gasteiger partial charge in [-0.25, -0.2) is 0 Å². The van der Waals surface area contributed by atoms with Crippen LogP contribution in [0, 0.1) is 6.92 Å². The molecule has 1 aliphatic heterocycles. The van der Waals surface area contributed by atoms with Crippen molar-refractivity contribution < 1.29 is 0 Å². The van der Waals surface area contributed by atoms with E-state index in [9.17, 15) is 0 Å². The minimum atomic E-state index is 0.773. The molecule has 2 nitrogen and oxygen atoms in total. The number of rotatable bonds is 5. The zero-order valence-corrected chi connectivity index (χ0v) is 12.1. The molecule has 1 saturated heterocycles. The molecule has 1 fully saturated rings. The van der Waals surface area contributed by atoms with Crippen LogP contribution in [-0.2, 0) is 6.54 Å². The third-order valence-electron chi connectivity index (χ3n) is 3.48.